The predicted octanol–water partition coefficient (Wildman–Crippen LogP) is 2.86. The van der Waals surface area contributed by atoms with Crippen molar-refractivity contribution < 1.29 is 27.5 Å². The molecule has 0 amide bonds. The van der Waals surface area contributed by atoms with Crippen LogP contribution in [0.5, 0.6) is 5.75 Å². The summed E-state index contributed by atoms with van der Waals surface area (Å²) < 4.78 is 39.4. The minimum Gasteiger partial charge on any atom is -0.405 e. The van der Waals surface area contributed by atoms with Gasteiger partial charge in [-0.1, -0.05) is 11.6 Å². The first-order valence-electron chi connectivity index (χ1n) is 3.87. The van der Waals surface area contributed by atoms with Crippen LogP contribution in [0.3, 0.4) is 0 Å². The van der Waals surface area contributed by atoms with E-state index in [1.54, 1.807) is 0 Å². The Morgan fingerprint density at radius 1 is 1.19 bits per heavy atom. The van der Waals surface area contributed by atoms with Crippen LogP contribution in [-0.2, 0) is 0 Å². The maximum atomic E-state index is 12.0. The minimum atomic E-state index is -4.96. The monoisotopic (exact) mass is 252 g/mol. The summed E-state index contributed by atoms with van der Waals surface area (Å²) >= 11 is 5.46. The molecule has 16 heavy (non-hydrogen) atoms. The number of rotatable bonds is 3. The van der Waals surface area contributed by atoms with Gasteiger partial charge in [-0.15, -0.1) is 13.2 Å². The number of benzene rings is 1. The number of hydrogen-bond donors (Lipinski definition) is 0. The summed E-state index contributed by atoms with van der Waals surface area (Å²) in [6, 6.07) is 1.88. The van der Waals surface area contributed by atoms with Crippen molar-refractivity contribution in [3.05, 3.63) is 28.3 Å². The van der Waals surface area contributed by atoms with Gasteiger partial charge in [-0.05, 0) is 12.1 Å². The van der Waals surface area contributed by atoms with Gasteiger partial charge in [0.05, 0.1) is 5.56 Å². The highest BCUT2D eigenvalue weighted by Gasteiger charge is 2.32. The largest absolute Gasteiger partial charge is 0.573 e. The lowest BCUT2D eigenvalue weighted by molar-refractivity contribution is -0.274. The third-order valence-corrected chi connectivity index (χ3v) is 1.83. The molecule has 0 aliphatic heterocycles. The smallest absolute Gasteiger partial charge is 0.405 e. The van der Waals surface area contributed by atoms with Gasteiger partial charge in [0.15, 0.2) is 12.6 Å². The molecule has 0 N–H and O–H groups in total. The second kappa shape index (κ2) is 4.52. The first-order valence-corrected chi connectivity index (χ1v) is 4.25. The number of aldehydes is 2. The third kappa shape index (κ3) is 2.96. The molecule has 7 heteroatoms. The third-order valence-electron chi connectivity index (χ3n) is 1.61. The number of carbonyl (C=O) groups is 2. The second-order valence-corrected chi connectivity index (χ2v) is 3.13. The highest BCUT2D eigenvalue weighted by atomic mass is 35.5. The Bertz CT molecular complexity index is 429. The molecular formula is C9H4ClF3O3. The lowest BCUT2D eigenvalue weighted by Crippen LogP contribution is -2.18. The summed E-state index contributed by atoms with van der Waals surface area (Å²) in [6.07, 6.45) is -4.64. The van der Waals surface area contributed by atoms with Crippen LogP contribution in [0.15, 0.2) is 12.1 Å². The summed E-state index contributed by atoms with van der Waals surface area (Å²) in [5, 5.41) is -0.132. The standard InChI is InChI=1S/C9H4ClF3O3/c10-6-1-5(3-14)7(4-15)8(2-6)16-9(11,12)13/h1-4H. The van der Waals surface area contributed by atoms with Gasteiger partial charge in [0, 0.05) is 10.6 Å². The first kappa shape index (κ1) is 12.5. The molecule has 0 aliphatic rings. The fraction of sp³-hybridized carbons (Fsp3) is 0.111. The Kier molecular flexibility index (Phi) is 3.54. The maximum Gasteiger partial charge on any atom is 0.573 e. The number of hydrogen-bond acceptors (Lipinski definition) is 3. The lowest BCUT2D eigenvalue weighted by atomic mass is 10.1. The molecule has 1 rings (SSSR count). The van der Waals surface area contributed by atoms with E-state index in [-0.39, 0.29) is 23.2 Å². The van der Waals surface area contributed by atoms with Gasteiger partial charge in [-0.2, -0.15) is 0 Å². The van der Waals surface area contributed by atoms with Crippen molar-refractivity contribution in [2.75, 3.05) is 0 Å². The molecule has 86 valence electrons. The van der Waals surface area contributed by atoms with E-state index in [2.05, 4.69) is 4.74 Å². The van der Waals surface area contributed by atoms with Crippen LogP contribution in [-0.4, -0.2) is 18.9 Å². The molecule has 0 radical (unpaired) electrons. The normalized spacial score (nSPS) is 11.0. The van der Waals surface area contributed by atoms with E-state index < -0.39 is 17.7 Å². The van der Waals surface area contributed by atoms with Gasteiger partial charge in [0.25, 0.3) is 0 Å². The minimum absolute atomic E-state index is 0.0983. The van der Waals surface area contributed by atoms with Crippen molar-refractivity contribution in [2.24, 2.45) is 0 Å². The predicted molar refractivity (Wildman–Crippen MR) is 48.9 cm³/mol. The SMILES string of the molecule is O=Cc1cc(Cl)cc(OC(F)(F)F)c1C=O. The molecule has 0 saturated carbocycles. The Hall–Kier alpha value is -1.56. The van der Waals surface area contributed by atoms with Crippen LogP contribution in [0.1, 0.15) is 20.7 Å². The topological polar surface area (TPSA) is 43.4 Å². The van der Waals surface area contributed by atoms with Gasteiger partial charge in [0.1, 0.15) is 5.75 Å². The molecule has 0 fully saturated rings. The molecule has 0 spiro atoms. The summed E-state index contributed by atoms with van der Waals surface area (Å²) in [7, 11) is 0. The van der Waals surface area contributed by atoms with E-state index in [4.69, 9.17) is 11.6 Å². The van der Waals surface area contributed by atoms with Gasteiger partial charge >= 0.3 is 6.36 Å². The van der Waals surface area contributed by atoms with E-state index in [1.807, 2.05) is 0 Å². The van der Waals surface area contributed by atoms with E-state index in [0.29, 0.717) is 0 Å². The molecule has 3 nitrogen and oxygen atoms in total. The fourth-order valence-corrected chi connectivity index (χ4v) is 1.26. The van der Waals surface area contributed by atoms with Gasteiger partial charge in [-0.3, -0.25) is 9.59 Å². The second-order valence-electron chi connectivity index (χ2n) is 2.69. The van der Waals surface area contributed by atoms with Crippen molar-refractivity contribution in [3.8, 4) is 5.75 Å². The number of carbonyl (C=O) groups excluding carboxylic acids is 2. The molecule has 0 aliphatic carbocycles. The van der Waals surface area contributed by atoms with E-state index >= 15 is 0 Å². The quantitative estimate of drug-likeness (QED) is 0.777. The zero-order valence-electron chi connectivity index (χ0n) is 7.55. The van der Waals surface area contributed by atoms with Crippen LogP contribution in [0.25, 0.3) is 0 Å². The highest BCUT2D eigenvalue weighted by Crippen LogP contribution is 2.30. The molecule has 0 unspecified atom stereocenters. The van der Waals surface area contributed by atoms with E-state index in [1.165, 1.54) is 0 Å². The average molecular weight is 253 g/mol. The molecular weight excluding hydrogens is 249 g/mol. The summed E-state index contributed by atoms with van der Waals surface area (Å²) in [4.78, 5) is 21.1. The van der Waals surface area contributed by atoms with Crippen molar-refractivity contribution in [3.63, 3.8) is 0 Å². The zero-order valence-corrected chi connectivity index (χ0v) is 8.30. The van der Waals surface area contributed by atoms with Crippen LogP contribution in [0.2, 0.25) is 5.02 Å². The van der Waals surface area contributed by atoms with Crippen molar-refractivity contribution in [1.29, 1.82) is 0 Å². The van der Waals surface area contributed by atoms with Crippen molar-refractivity contribution in [2.45, 2.75) is 6.36 Å². The van der Waals surface area contributed by atoms with Crippen LogP contribution in [0.4, 0.5) is 13.2 Å². The number of ether oxygens (including phenoxy) is 1. The van der Waals surface area contributed by atoms with Crippen LogP contribution >= 0.6 is 11.6 Å². The summed E-state index contributed by atoms with van der Waals surface area (Å²) in [6.45, 7) is 0. The van der Waals surface area contributed by atoms with Gasteiger partial charge in [-0.25, -0.2) is 0 Å². The number of halogens is 4. The Balaban J connectivity index is 3.31. The molecule has 0 bridgehead atoms. The van der Waals surface area contributed by atoms with Crippen molar-refractivity contribution >= 4 is 24.2 Å². The fourth-order valence-electron chi connectivity index (χ4n) is 1.05. The zero-order chi connectivity index (χ0) is 12.3. The summed E-state index contributed by atoms with van der Waals surface area (Å²) in [5.41, 5.74) is -0.751. The van der Waals surface area contributed by atoms with E-state index in [0.717, 1.165) is 12.1 Å². The molecule has 0 heterocycles. The Morgan fingerprint density at radius 2 is 1.81 bits per heavy atom. The average Bonchev–Trinajstić information content (AvgIpc) is 2.14. The van der Waals surface area contributed by atoms with E-state index in [9.17, 15) is 22.8 Å². The molecule has 0 saturated heterocycles. The molecule has 0 atom stereocenters. The first-order chi connectivity index (χ1) is 7.37. The number of alkyl halides is 3. The highest BCUT2D eigenvalue weighted by molar-refractivity contribution is 6.31. The van der Waals surface area contributed by atoms with Gasteiger partial charge < -0.3 is 4.74 Å². The molecule has 1 aromatic rings. The Morgan fingerprint density at radius 3 is 2.25 bits per heavy atom. The lowest BCUT2D eigenvalue weighted by Gasteiger charge is -2.12. The Labute approximate surface area is 92.8 Å². The van der Waals surface area contributed by atoms with Crippen molar-refractivity contribution in [1.82, 2.24) is 0 Å². The molecule has 1 aromatic carbocycles. The van der Waals surface area contributed by atoms with Crippen LogP contribution in [0, 0.1) is 0 Å². The summed E-state index contributed by atoms with van der Waals surface area (Å²) in [5.74, 6) is -0.794. The maximum absolute atomic E-state index is 12.0. The van der Waals surface area contributed by atoms with Gasteiger partial charge in [0.2, 0.25) is 0 Å². The van der Waals surface area contributed by atoms with Crippen LogP contribution < -0.4 is 4.74 Å². The molecule has 0 aromatic heterocycles.